The van der Waals surface area contributed by atoms with E-state index in [2.05, 4.69) is 10.3 Å². The second-order valence-electron chi connectivity index (χ2n) is 5.69. The molecule has 100 valence electrons. The predicted molar refractivity (Wildman–Crippen MR) is 73.8 cm³/mol. The number of thiazole rings is 1. The van der Waals surface area contributed by atoms with Gasteiger partial charge in [0, 0.05) is 24.4 Å². The van der Waals surface area contributed by atoms with Crippen LogP contribution in [0.3, 0.4) is 0 Å². The Labute approximate surface area is 113 Å². The largest absolute Gasteiger partial charge is 0.392 e. The van der Waals surface area contributed by atoms with Gasteiger partial charge in [-0.2, -0.15) is 0 Å². The molecule has 1 aromatic heterocycles. The van der Waals surface area contributed by atoms with Crippen molar-refractivity contribution < 1.29 is 5.11 Å². The molecule has 1 N–H and O–H groups in total. The van der Waals surface area contributed by atoms with Crippen molar-refractivity contribution >= 4 is 11.3 Å². The Kier molecular flexibility index (Phi) is 3.97. The molecule has 4 heteroatoms. The van der Waals surface area contributed by atoms with E-state index >= 15 is 0 Å². The van der Waals surface area contributed by atoms with Gasteiger partial charge in [0.05, 0.1) is 16.8 Å². The van der Waals surface area contributed by atoms with Crippen LogP contribution in [-0.2, 0) is 6.54 Å². The third kappa shape index (κ3) is 2.92. The number of likely N-dealkylation sites (tertiary alicyclic amines) is 1. The van der Waals surface area contributed by atoms with Crippen LogP contribution in [0.15, 0.2) is 5.38 Å². The van der Waals surface area contributed by atoms with Crippen molar-refractivity contribution in [2.75, 3.05) is 13.1 Å². The van der Waals surface area contributed by atoms with Gasteiger partial charge in [0.1, 0.15) is 0 Å². The van der Waals surface area contributed by atoms with E-state index in [1.807, 2.05) is 11.3 Å². The lowest BCUT2D eigenvalue weighted by Crippen LogP contribution is -2.37. The average molecular weight is 266 g/mol. The van der Waals surface area contributed by atoms with Gasteiger partial charge in [-0.1, -0.05) is 12.8 Å². The highest BCUT2D eigenvalue weighted by atomic mass is 32.1. The molecule has 2 heterocycles. The summed E-state index contributed by atoms with van der Waals surface area (Å²) >= 11 is 1.84. The fraction of sp³-hybridized carbons (Fsp3) is 0.786. The van der Waals surface area contributed by atoms with Crippen molar-refractivity contribution in [3.05, 3.63) is 16.1 Å². The fourth-order valence-electron chi connectivity index (χ4n) is 3.16. The number of aromatic nitrogens is 1. The molecule has 2 aliphatic rings. The standard InChI is InChI=1S/C14H22N2OS/c17-13-6-3-7-16(9-13)8-12-10-18-14(15-12)11-4-1-2-5-11/h10-11,13,17H,1-9H2. The molecule has 1 atom stereocenters. The molecular weight excluding hydrogens is 244 g/mol. The first-order chi connectivity index (χ1) is 8.81. The number of piperidine rings is 1. The van der Waals surface area contributed by atoms with E-state index in [0.717, 1.165) is 38.4 Å². The maximum absolute atomic E-state index is 9.68. The van der Waals surface area contributed by atoms with Gasteiger partial charge < -0.3 is 5.11 Å². The van der Waals surface area contributed by atoms with Gasteiger partial charge in [-0.15, -0.1) is 11.3 Å². The smallest absolute Gasteiger partial charge is 0.0959 e. The summed E-state index contributed by atoms with van der Waals surface area (Å²) in [6.45, 7) is 2.84. The van der Waals surface area contributed by atoms with Gasteiger partial charge >= 0.3 is 0 Å². The molecule has 1 aliphatic heterocycles. The van der Waals surface area contributed by atoms with Crippen LogP contribution in [0.1, 0.15) is 55.1 Å². The average Bonchev–Trinajstić information content (AvgIpc) is 2.98. The second kappa shape index (κ2) is 5.68. The summed E-state index contributed by atoms with van der Waals surface area (Å²) in [5.74, 6) is 0.732. The number of β-amino-alcohol motifs (C(OH)–C–C–N with tert-alkyl or cyclic N) is 1. The number of nitrogens with zero attached hydrogens (tertiary/aromatic N) is 2. The van der Waals surface area contributed by atoms with E-state index in [-0.39, 0.29) is 6.10 Å². The highest BCUT2D eigenvalue weighted by Gasteiger charge is 2.22. The van der Waals surface area contributed by atoms with E-state index in [0.29, 0.717) is 0 Å². The summed E-state index contributed by atoms with van der Waals surface area (Å²) in [7, 11) is 0. The maximum Gasteiger partial charge on any atom is 0.0959 e. The minimum Gasteiger partial charge on any atom is -0.392 e. The van der Waals surface area contributed by atoms with Gasteiger partial charge in [-0.05, 0) is 32.2 Å². The van der Waals surface area contributed by atoms with Crippen LogP contribution < -0.4 is 0 Å². The van der Waals surface area contributed by atoms with Crippen LogP contribution in [-0.4, -0.2) is 34.2 Å². The van der Waals surface area contributed by atoms with Gasteiger partial charge in [-0.25, -0.2) is 4.98 Å². The molecule has 2 fully saturated rings. The van der Waals surface area contributed by atoms with Crippen LogP contribution in [0, 0.1) is 0 Å². The normalized spacial score (nSPS) is 26.8. The molecule has 0 radical (unpaired) electrons. The summed E-state index contributed by atoms with van der Waals surface area (Å²) in [5.41, 5.74) is 1.20. The Morgan fingerprint density at radius 3 is 2.89 bits per heavy atom. The van der Waals surface area contributed by atoms with Crippen LogP contribution in [0.2, 0.25) is 0 Å². The minimum absolute atomic E-state index is 0.133. The van der Waals surface area contributed by atoms with Crippen molar-refractivity contribution in [2.24, 2.45) is 0 Å². The molecule has 0 spiro atoms. The lowest BCUT2D eigenvalue weighted by Gasteiger charge is -2.29. The van der Waals surface area contributed by atoms with Crippen molar-refractivity contribution in [1.82, 2.24) is 9.88 Å². The first-order valence-electron chi connectivity index (χ1n) is 7.16. The van der Waals surface area contributed by atoms with Crippen LogP contribution in [0.25, 0.3) is 0 Å². The Hall–Kier alpha value is -0.450. The zero-order chi connectivity index (χ0) is 12.4. The molecule has 1 saturated heterocycles. The lowest BCUT2D eigenvalue weighted by molar-refractivity contribution is 0.0663. The molecule has 1 aromatic rings. The predicted octanol–water partition coefficient (Wildman–Crippen LogP) is 2.76. The summed E-state index contributed by atoms with van der Waals surface area (Å²) < 4.78 is 0. The fourth-order valence-corrected chi connectivity index (χ4v) is 4.14. The Balaban J connectivity index is 1.59. The summed E-state index contributed by atoms with van der Waals surface area (Å²) in [4.78, 5) is 7.14. The number of rotatable bonds is 3. The number of aliphatic hydroxyl groups excluding tert-OH is 1. The lowest BCUT2D eigenvalue weighted by atomic mass is 10.1. The summed E-state index contributed by atoms with van der Waals surface area (Å²) in [5, 5.41) is 13.2. The molecule has 0 aromatic carbocycles. The van der Waals surface area contributed by atoms with Crippen LogP contribution in [0.4, 0.5) is 0 Å². The molecule has 1 saturated carbocycles. The molecular formula is C14H22N2OS. The quantitative estimate of drug-likeness (QED) is 0.914. The van der Waals surface area contributed by atoms with Crippen molar-refractivity contribution in [3.63, 3.8) is 0 Å². The highest BCUT2D eigenvalue weighted by Crippen LogP contribution is 2.35. The minimum atomic E-state index is -0.133. The van der Waals surface area contributed by atoms with Crippen LogP contribution >= 0.6 is 11.3 Å². The van der Waals surface area contributed by atoms with Crippen molar-refractivity contribution in [2.45, 2.75) is 57.1 Å². The van der Waals surface area contributed by atoms with E-state index in [4.69, 9.17) is 4.98 Å². The molecule has 0 amide bonds. The first-order valence-corrected chi connectivity index (χ1v) is 8.04. The highest BCUT2D eigenvalue weighted by molar-refractivity contribution is 7.09. The number of hydrogen-bond acceptors (Lipinski definition) is 4. The molecule has 18 heavy (non-hydrogen) atoms. The van der Waals surface area contributed by atoms with E-state index in [9.17, 15) is 5.11 Å². The number of aliphatic hydroxyl groups is 1. The molecule has 0 bridgehead atoms. The SMILES string of the molecule is OC1CCCN(Cc2csc(C3CCCC3)n2)C1. The second-order valence-corrected chi connectivity index (χ2v) is 6.58. The summed E-state index contributed by atoms with van der Waals surface area (Å²) in [6.07, 6.45) is 7.34. The third-order valence-electron chi connectivity index (χ3n) is 4.14. The van der Waals surface area contributed by atoms with Gasteiger partial charge in [-0.3, -0.25) is 4.90 Å². The van der Waals surface area contributed by atoms with E-state index in [1.54, 1.807) is 0 Å². The maximum atomic E-state index is 9.68. The van der Waals surface area contributed by atoms with Crippen molar-refractivity contribution in [1.29, 1.82) is 0 Å². The molecule has 1 aliphatic carbocycles. The molecule has 3 rings (SSSR count). The summed E-state index contributed by atoms with van der Waals surface area (Å²) in [6, 6.07) is 0. The zero-order valence-electron chi connectivity index (χ0n) is 10.8. The van der Waals surface area contributed by atoms with Gasteiger partial charge in [0.15, 0.2) is 0 Å². The van der Waals surface area contributed by atoms with E-state index < -0.39 is 0 Å². The topological polar surface area (TPSA) is 36.4 Å². The number of hydrogen-bond donors (Lipinski definition) is 1. The van der Waals surface area contributed by atoms with Gasteiger partial charge in [0.25, 0.3) is 0 Å². The Morgan fingerprint density at radius 2 is 2.11 bits per heavy atom. The molecule has 3 nitrogen and oxygen atoms in total. The van der Waals surface area contributed by atoms with Gasteiger partial charge in [0.2, 0.25) is 0 Å². The molecule has 1 unspecified atom stereocenters. The Bertz CT molecular complexity index is 387. The monoisotopic (exact) mass is 266 g/mol. The first kappa shape index (κ1) is 12.6. The van der Waals surface area contributed by atoms with Crippen molar-refractivity contribution in [3.8, 4) is 0 Å². The van der Waals surface area contributed by atoms with E-state index in [1.165, 1.54) is 36.4 Å². The Morgan fingerprint density at radius 1 is 1.28 bits per heavy atom. The third-order valence-corrected chi connectivity index (χ3v) is 5.20. The zero-order valence-corrected chi connectivity index (χ0v) is 11.7. The van der Waals surface area contributed by atoms with Crippen LogP contribution in [0.5, 0.6) is 0 Å².